The van der Waals surface area contributed by atoms with Crippen molar-refractivity contribution in [3.63, 3.8) is 0 Å². The van der Waals surface area contributed by atoms with E-state index < -0.39 is 23.7 Å². The van der Waals surface area contributed by atoms with Crippen LogP contribution in [0.4, 0.5) is 22.7 Å². The molecule has 0 saturated carbocycles. The predicted octanol–water partition coefficient (Wildman–Crippen LogP) is 9.65. The molecule has 0 fully saturated rings. The van der Waals surface area contributed by atoms with Gasteiger partial charge in [0, 0.05) is 130 Å². The van der Waals surface area contributed by atoms with E-state index in [1.165, 1.54) is 39.2 Å². The quantitative estimate of drug-likeness (QED) is 0.00980. The summed E-state index contributed by atoms with van der Waals surface area (Å²) in [5.74, 6) is -1.15. The minimum atomic E-state index is -1.12. The van der Waals surface area contributed by atoms with E-state index in [-0.39, 0.29) is 66.4 Å². The van der Waals surface area contributed by atoms with Crippen LogP contribution in [-0.2, 0) is 41.8 Å². The molecule has 5 N–H and O–H groups in total. The van der Waals surface area contributed by atoms with Gasteiger partial charge in [-0.05, 0) is 171 Å². The first-order chi connectivity index (χ1) is 38.9. The Balaban J connectivity index is 0.962. The van der Waals surface area contributed by atoms with E-state index in [1.807, 2.05) is 0 Å². The number of hydrogen-bond acceptors (Lipinski definition) is 10. The van der Waals surface area contributed by atoms with Gasteiger partial charge in [-0.25, -0.2) is 14.9 Å². The molecule has 0 bridgehead atoms. The van der Waals surface area contributed by atoms with Crippen LogP contribution in [0, 0.1) is 6.92 Å². The van der Waals surface area contributed by atoms with Gasteiger partial charge in [-0.1, -0.05) is 23.1 Å². The zero-order chi connectivity index (χ0) is 55.9. The lowest BCUT2D eigenvalue weighted by Gasteiger charge is -2.35. The summed E-state index contributed by atoms with van der Waals surface area (Å²) in [6.45, 7) is 5.46. The topological polar surface area (TPSA) is 278 Å². The number of aryl methyl sites for hydroxylation is 2. The lowest BCUT2D eigenvalue weighted by atomic mass is 9.82. The van der Waals surface area contributed by atoms with Crippen LogP contribution in [-0.4, -0.2) is 84.1 Å². The monoisotopic (exact) mass is 1080 g/mol. The predicted molar refractivity (Wildman–Crippen MR) is 301 cm³/mol. The average molecular weight is 1080 g/mol. The number of aromatic carboxylic acids is 1. The Morgan fingerprint density at radius 2 is 1.43 bits per heavy atom. The van der Waals surface area contributed by atoms with E-state index in [1.54, 1.807) is 54.9 Å². The van der Waals surface area contributed by atoms with Gasteiger partial charge in [0.05, 0.1) is 11.1 Å². The Labute approximate surface area is 462 Å². The molecule has 0 radical (unpaired) electrons. The van der Waals surface area contributed by atoms with Crippen LogP contribution >= 0.6 is 0 Å². The highest BCUT2D eigenvalue weighted by Crippen LogP contribution is 2.49. The zero-order valence-electron chi connectivity index (χ0n) is 45.0. The van der Waals surface area contributed by atoms with Crippen molar-refractivity contribution in [1.82, 2.24) is 20.3 Å². The number of ether oxygens (including phenoxy) is 1. The Hall–Kier alpha value is -8.70. The van der Waals surface area contributed by atoms with E-state index in [0.717, 1.165) is 142 Å². The molecule has 0 aliphatic carbocycles. The van der Waals surface area contributed by atoms with Crippen molar-refractivity contribution in [3.8, 4) is 11.5 Å². The minimum absolute atomic E-state index is 0.0132. The SMILES string of the molecule is Cc1c(N=[N+]=[N-])cc(CN(CCNC(=O)c2ccc(C(=O)O)c(C3=c4cc5c6c(c4Oc4c3cc3c7c4CCCN7CCCC3)CCC[N+]=6CCCC5)c2)C(=O)c2ccc(NC(=O)CCCCCCC(=O)NO)cc2)cc1N=[N+]=[N-]. The van der Waals surface area contributed by atoms with Gasteiger partial charge < -0.3 is 30.3 Å². The molecule has 5 aliphatic rings. The number of carboxylic acid groups (broad SMARTS) is 1. The largest absolute Gasteiger partial charge is 0.478 e. The van der Waals surface area contributed by atoms with E-state index in [9.17, 15) is 40.1 Å². The third kappa shape index (κ3) is 11.6. The first-order valence-corrected chi connectivity index (χ1v) is 27.9. The van der Waals surface area contributed by atoms with Crippen molar-refractivity contribution in [2.75, 3.05) is 49.5 Å². The molecule has 4 amide bonds. The number of unbranched alkanes of at least 4 members (excludes halogenated alkanes) is 3. The molecule has 20 nitrogen and oxygen atoms in total. The molecule has 5 aromatic carbocycles. The van der Waals surface area contributed by atoms with Gasteiger partial charge in [-0.3, -0.25) is 24.4 Å². The second-order valence-corrected chi connectivity index (χ2v) is 21.3. The lowest BCUT2D eigenvalue weighted by Crippen LogP contribution is -2.41. The molecule has 80 heavy (non-hydrogen) atoms. The van der Waals surface area contributed by atoms with Crippen LogP contribution < -0.4 is 40.9 Å². The van der Waals surface area contributed by atoms with Crippen LogP contribution in [0.15, 0.2) is 77.0 Å². The van der Waals surface area contributed by atoms with Crippen molar-refractivity contribution in [1.29, 1.82) is 0 Å². The van der Waals surface area contributed by atoms with E-state index in [4.69, 9.17) is 9.94 Å². The summed E-state index contributed by atoms with van der Waals surface area (Å²) in [6, 6.07) is 18.8. The summed E-state index contributed by atoms with van der Waals surface area (Å²) >= 11 is 0. The lowest BCUT2D eigenvalue weighted by molar-refractivity contribution is -0.129. The molecule has 5 heterocycles. The van der Waals surface area contributed by atoms with Crippen LogP contribution in [0.25, 0.3) is 26.5 Å². The summed E-state index contributed by atoms with van der Waals surface area (Å²) < 4.78 is 9.79. The van der Waals surface area contributed by atoms with Crippen molar-refractivity contribution in [2.24, 2.45) is 10.2 Å². The average Bonchev–Trinajstić information content (AvgIpc) is 3.98. The van der Waals surface area contributed by atoms with Crippen molar-refractivity contribution < 1.29 is 39.0 Å². The molecular formula is C60H65N12O8+. The molecule has 0 aromatic heterocycles. The smallest absolute Gasteiger partial charge is 0.336 e. The molecular weight excluding hydrogens is 1020 g/mol. The van der Waals surface area contributed by atoms with Gasteiger partial charge in [0.1, 0.15) is 24.6 Å². The number of nitrogens with one attached hydrogen (secondary N) is 3. The second kappa shape index (κ2) is 24.5. The summed E-state index contributed by atoms with van der Waals surface area (Å²) in [5.41, 5.74) is 30.8. The first-order valence-electron chi connectivity index (χ1n) is 27.9. The molecule has 0 saturated heterocycles. The van der Waals surface area contributed by atoms with Crippen LogP contribution in [0.5, 0.6) is 11.5 Å². The number of hydroxylamine groups is 1. The van der Waals surface area contributed by atoms with Crippen LogP contribution in [0.2, 0.25) is 0 Å². The Morgan fingerprint density at radius 1 is 0.738 bits per heavy atom. The zero-order valence-corrected chi connectivity index (χ0v) is 45.0. The van der Waals surface area contributed by atoms with Crippen molar-refractivity contribution in [2.45, 2.75) is 116 Å². The molecule has 0 unspecified atom stereocenters. The molecule has 0 spiro atoms. The number of carbonyl (C=O) groups excluding carboxylic acids is 4. The maximum absolute atomic E-state index is 14.6. The third-order valence-corrected chi connectivity index (χ3v) is 16.1. The number of carboxylic acids is 1. The minimum Gasteiger partial charge on any atom is -0.478 e. The van der Waals surface area contributed by atoms with Gasteiger partial charge >= 0.3 is 5.97 Å². The van der Waals surface area contributed by atoms with Crippen molar-refractivity contribution >= 4 is 57.9 Å². The molecule has 20 heteroatoms. The fourth-order valence-electron chi connectivity index (χ4n) is 12.3. The fourth-order valence-corrected chi connectivity index (χ4v) is 12.3. The van der Waals surface area contributed by atoms with Crippen LogP contribution in [0.3, 0.4) is 0 Å². The fraction of sp³-hybridized carbons (Fsp3) is 0.400. The molecule has 10 rings (SSSR count). The number of carbonyl (C=O) groups is 5. The highest BCUT2D eigenvalue weighted by Gasteiger charge is 2.36. The second-order valence-electron chi connectivity index (χ2n) is 21.3. The van der Waals surface area contributed by atoms with Gasteiger partial charge in [0.2, 0.25) is 17.2 Å². The summed E-state index contributed by atoms with van der Waals surface area (Å²) in [5, 5.41) is 35.2. The Kier molecular flexibility index (Phi) is 16.8. The first kappa shape index (κ1) is 54.6. The van der Waals surface area contributed by atoms with E-state index >= 15 is 0 Å². The Bertz CT molecular complexity index is 3530. The molecule has 5 aromatic rings. The number of anilines is 2. The number of benzene rings is 5. The number of rotatable bonds is 19. The number of fused-ring (bicyclic) bond motifs is 4. The standard InChI is InChI=1S/C60H64N12O8/c1-36-49(65-68-61)30-37(31-50(36)66-69-62)35-72(59(76)38-18-21-42(22-19-38)64-51(73)16-4-2-3-5-17-52(74)67-79)29-24-63-58(75)41-20-23-43(60(77)78)46(34-41)53-47-32-39-12-6-8-25-70-27-10-14-44(54(39)70)56(47)80-57-45-15-11-28-71-26-9-7-13-40(55(45)71)33-48(53)57/h18-23,30-34H,2-17,24-29,35H2,1H3,(H4-,63,64,67,73,74,75,76,77,78,79)/p+1. The van der Waals surface area contributed by atoms with Gasteiger partial charge in [0.25, 0.3) is 11.8 Å². The molecule has 5 aliphatic heterocycles. The maximum Gasteiger partial charge on any atom is 0.336 e. The summed E-state index contributed by atoms with van der Waals surface area (Å²) in [6.07, 6.45) is 12.7. The maximum atomic E-state index is 14.6. The third-order valence-electron chi connectivity index (χ3n) is 16.1. The Morgan fingerprint density at radius 3 is 2.16 bits per heavy atom. The summed E-state index contributed by atoms with van der Waals surface area (Å²) in [7, 11) is 0. The van der Waals surface area contributed by atoms with Crippen LogP contribution in [0.1, 0.15) is 153 Å². The van der Waals surface area contributed by atoms with E-state index in [0.29, 0.717) is 35.2 Å². The van der Waals surface area contributed by atoms with Gasteiger partial charge in [0.15, 0.2) is 0 Å². The number of nitrogens with zero attached hydrogens (tertiary/aromatic N) is 9. The van der Waals surface area contributed by atoms with Gasteiger partial charge in [-0.15, -0.1) is 0 Å². The normalized spacial score (nSPS) is 14.7. The highest BCUT2D eigenvalue weighted by molar-refractivity contribution is 6.03. The number of amides is 4. The van der Waals surface area contributed by atoms with Gasteiger partial charge in [-0.2, -0.15) is 0 Å². The summed E-state index contributed by atoms with van der Waals surface area (Å²) in [4.78, 5) is 76.5. The molecule has 0 atom stereocenters. The molecule has 412 valence electrons. The highest BCUT2D eigenvalue weighted by atomic mass is 16.5. The number of azide groups is 2. The van der Waals surface area contributed by atoms with E-state index in [2.05, 4.69) is 52.3 Å². The number of hydrogen-bond donors (Lipinski definition) is 5. The van der Waals surface area contributed by atoms with Crippen molar-refractivity contribution in [3.05, 3.63) is 159 Å².